The number of sulfonamides is 1. The van der Waals surface area contributed by atoms with Crippen LogP contribution in [0, 0.1) is 0 Å². The highest BCUT2D eigenvalue weighted by Gasteiger charge is 2.29. The van der Waals surface area contributed by atoms with Crippen molar-refractivity contribution in [2.24, 2.45) is 0 Å². The molecular weight excluding hydrogens is 368 g/mol. The number of hydrogen-bond acceptors (Lipinski definition) is 4. The molecule has 140 valence electrons. The van der Waals surface area contributed by atoms with Gasteiger partial charge >= 0.3 is 0 Å². The number of benzene rings is 1. The first kappa shape index (κ1) is 19.1. The lowest BCUT2D eigenvalue weighted by Crippen LogP contribution is -2.38. The molecule has 1 aromatic carbocycles. The molecule has 1 aromatic heterocycles. The Hall–Kier alpha value is -1.70. The molecule has 0 spiro atoms. The van der Waals surface area contributed by atoms with E-state index in [1.807, 2.05) is 17.5 Å². The van der Waals surface area contributed by atoms with Crippen LogP contribution in [0.3, 0.4) is 0 Å². The molecule has 0 radical (unpaired) electrons. The molecule has 26 heavy (non-hydrogen) atoms. The van der Waals surface area contributed by atoms with Crippen molar-refractivity contribution in [1.82, 2.24) is 9.62 Å². The summed E-state index contributed by atoms with van der Waals surface area (Å²) in [5.74, 6) is -0.206. The van der Waals surface area contributed by atoms with Crippen LogP contribution in [0.2, 0.25) is 0 Å². The lowest BCUT2D eigenvalue weighted by molar-refractivity contribution is 0.0951. The predicted molar refractivity (Wildman–Crippen MR) is 104 cm³/mol. The van der Waals surface area contributed by atoms with Crippen molar-refractivity contribution in [1.29, 1.82) is 0 Å². The van der Waals surface area contributed by atoms with Crippen molar-refractivity contribution in [2.75, 3.05) is 7.05 Å². The van der Waals surface area contributed by atoms with Crippen molar-refractivity contribution in [3.8, 4) is 0 Å². The second kappa shape index (κ2) is 8.33. The highest BCUT2D eigenvalue weighted by Crippen LogP contribution is 2.26. The third-order valence-electron chi connectivity index (χ3n) is 4.89. The summed E-state index contributed by atoms with van der Waals surface area (Å²) in [6.45, 7) is 0.473. The molecule has 0 atom stereocenters. The van der Waals surface area contributed by atoms with Crippen LogP contribution in [0.5, 0.6) is 0 Å². The molecule has 1 saturated carbocycles. The van der Waals surface area contributed by atoms with Crippen LogP contribution in [0.15, 0.2) is 46.7 Å². The first-order chi connectivity index (χ1) is 12.5. The zero-order valence-electron chi connectivity index (χ0n) is 14.8. The van der Waals surface area contributed by atoms with Gasteiger partial charge in [-0.3, -0.25) is 4.79 Å². The van der Waals surface area contributed by atoms with Crippen LogP contribution in [0.25, 0.3) is 0 Å². The maximum absolute atomic E-state index is 12.8. The Kier molecular flexibility index (Phi) is 6.11. The number of nitrogens with one attached hydrogen (secondary N) is 1. The van der Waals surface area contributed by atoms with Crippen molar-refractivity contribution in [3.05, 3.63) is 52.2 Å². The molecule has 0 bridgehead atoms. The second-order valence-electron chi connectivity index (χ2n) is 6.60. The van der Waals surface area contributed by atoms with E-state index in [0.29, 0.717) is 12.1 Å². The fourth-order valence-electron chi connectivity index (χ4n) is 3.27. The molecular formula is C19H24N2O3S2. The van der Waals surface area contributed by atoms with E-state index in [1.165, 1.54) is 22.9 Å². The Labute approximate surface area is 159 Å². The van der Waals surface area contributed by atoms with Crippen LogP contribution in [0.4, 0.5) is 0 Å². The topological polar surface area (TPSA) is 66.5 Å². The van der Waals surface area contributed by atoms with Crippen LogP contribution in [-0.4, -0.2) is 31.7 Å². The van der Waals surface area contributed by atoms with Gasteiger partial charge in [0.25, 0.3) is 5.91 Å². The summed E-state index contributed by atoms with van der Waals surface area (Å²) in [4.78, 5) is 13.5. The summed E-state index contributed by atoms with van der Waals surface area (Å²) in [7, 11) is -1.87. The SMILES string of the molecule is CN(C1CCCCC1)S(=O)(=O)c1ccc(C(=O)NCc2cccs2)cc1. The van der Waals surface area contributed by atoms with E-state index in [-0.39, 0.29) is 16.8 Å². The average Bonchev–Trinajstić information content (AvgIpc) is 3.20. The minimum absolute atomic E-state index is 0.0718. The normalized spacial score (nSPS) is 15.9. The maximum atomic E-state index is 12.8. The van der Waals surface area contributed by atoms with Crippen molar-refractivity contribution < 1.29 is 13.2 Å². The molecule has 0 saturated heterocycles. The summed E-state index contributed by atoms with van der Waals surface area (Å²) >= 11 is 1.58. The summed E-state index contributed by atoms with van der Waals surface area (Å²) in [6, 6.07) is 10.2. The molecule has 1 heterocycles. The minimum atomic E-state index is -3.53. The van der Waals surface area contributed by atoms with Gasteiger partial charge in [-0.1, -0.05) is 25.3 Å². The van der Waals surface area contributed by atoms with Crippen molar-refractivity contribution in [3.63, 3.8) is 0 Å². The maximum Gasteiger partial charge on any atom is 0.251 e. The van der Waals surface area contributed by atoms with Gasteiger partial charge in [-0.25, -0.2) is 8.42 Å². The van der Waals surface area contributed by atoms with Gasteiger partial charge in [-0.2, -0.15) is 4.31 Å². The molecule has 3 rings (SSSR count). The number of rotatable bonds is 6. The van der Waals surface area contributed by atoms with E-state index in [0.717, 1.165) is 30.6 Å². The third-order valence-corrected chi connectivity index (χ3v) is 7.69. The zero-order valence-corrected chi connectivity index (χ0v) is 16.5. The number of nitrogens with zero attached hydrogens (tertiary/aromatic N) is 1. The first-order valence-corrected chi connectivity index (χ1v) is 11.2. The fraction of sp³-hybridized carbons (Fsp3) is 0.421. The van der Waals surface area contributed by atoms with E-state index in [9.17, 15) is 13.2 Å². The van der Waals surface area contributed by atoms with Crippen LogP contribution >= 0.6 is 11.3 Å². The largest absolute Gasteiger partial charge is 0.347 e. The van der Waals surface area contributed by atoms with Gasteiger partial charge in [-0.05, 0) is 48.6 Å². The van der Waals surface area contributed by atoms with E-state index < -0.39 is 10.0 Å². The highest BCUT2D eigenvalue weighted by atomic mass is 32.2. The standard InChI is InChI=1S/C19H24N2O3S2/c1-21(16-6-3-2-4-7-16)26(23,24)18-11-9-15(10-12-18)19(22)20-14-17-8-5-13-25-17/h5,8-13,16H,2-4,6-7,14H2,1H3,(H,20,22). The lowest BCUT2D eigenvalue weighted by atomic mass is 9.96. The fourth-order valence-corrected chi connectivity index (χ4v) is 5.33. The molecule has 1 N–H and O–H groups in total. The van der Waals surface area contributed by atoms with Gasteiger partial charge in [0, 0.05) is 23.5 Å². The molecule has 1 aliphatic carbocycles. The smallest absolute Gasteiger partial charge is 0.251 e. The van der Waals surface area contributed by atoms with Crippen molar-refractivity contribution in [2.45, 2.75) is 49.6 Å². The number of amides is 1. The molecule has 7 heteroatoms. The Morgan fingerprint density at radius 3 is 2.46 bits per heavy atom. The molecule has 5 nitrogen and oxygen atoms in total. The Balaban J connectivity index is 1.66. The molecule has 2 aromatic rings. The van der Waals surface area contributed by atoms with E-state index in [4.69, 9.17) is 0 Å². The Morgan fingerprint density at radius 2 is 1.85 bits per heavy atom. The highest BCUT2D eigenvalue weighted by molar-refractivity contribution is 7.89. The second-order valence-corrected chi connectivity index (χ2v) is 9.63. The molecule has 0 unspecified atom stereocenters. The van der Waals surface area contributed by atoms with Gasteiger partial charge in [0.15, 0.2) is 0 Å². The van der Waals surface area contributed by atoms with Crippen molar-refractivity contribution >= 4 is 27.3 Å². The molecule has 0 aliphatic heterocycles. The van der Waals surface area contributed by atoms with Gasteiger partial charge in [-0.15, -0.1) is 11.3 Å². The third kappa shape index (κ3) is 4.34. The zero-order chi connectivity index (χ0) is 18.6. The predicted octanol–water partition coefficient (Wildman–Crippen LogP) is 3.63. The first-order valence-electron chi connectivity index (χ1n) is 8.87. The van der Waals surface area contributed by atoms with E-state index in [2.05, 4.69) is 5.32 Å². The van der Waals surface area contributed by atoms with Crippen LogP contribution < -0.4 is 5.32 Å². The van der Waals surface area contributed by atoms with Gasteiger partial charge in [0.2, 0.25) is 10.0 Å². The average molecular weight is 393 g/mol. The number of thiophene rings is 1. The van der Waals surface area contributed by atoms with E-state index >= 15 is 0 Å². The quantitative estimate of drug-likeness (QED) is 0.816. The number of carbonyl (C=O) groups is 1. The van der Waals surface area contributed by atoms with Crippen LogP contribution in [0.1, 0.15) is 47.3 Å². The molecule has 1 aliphatic rings. The Bertz CT molecular complexity index is 824. The summed E-state index contributed by atoms with van der Waals surface area (Å²) in [5, 5.41) is 4.81. The molecule has 1 amide bonds. The summed E-state index contributed by atoms with van der Waals surface area (Å²) < 4.78 is 27.1. The van der Waals surface area contributed by atoms with Crippen LogP contribution in [-0.2, 0) is 16.6 Å². The van der Waals surface area contributed by atoms with Gasteiger partial charge in [0.05, 0.1) is 11.4 Å². The summed E-state index contributed by atoms with van der Waals surface area (Å²) in [5.41, 5.74) is 0.459. The monoisotopic (exact) mass is 392 g/mol. The summed E-state index contributed by atoms with van der Waals surface area (Å²) in [6.07, 6.45) is 5.17. The Morgan fingerprint density at radius 1 is 1.15 bits per heavy atom. The van der Waals surface area contributed by atoms with E-state index in [1.54, 1.807) is 30.5 Å². The minimum Gasteiger partial charge on any atom is -0.347 e. The molecule has 1 fully saturated rings. The van der Waals surface area contributed by atoms with Gasteiger partial charge in [0.1, 0.15) is 0 Å². The lowest BCUT2D eigenvalue weighted by Gasteiger charge is -2.30. The number of hydrogen-bond donors (Lipinski definition) is 1. The van der Waals surface area contributed by atoms with Gasteiger partial charge < -0.3 is 5.32 Å². The number of carbonyl (C=O) groups excluding carboxylic acids is 1.